The quantitative estimate of drug-likeness (QED) is 0.531. The van der Waals surface area contributed by atoms with Gasteiger partial charge in [-0.25, -0.2) is 9.59 Å². The van der Waals surface area contributed by atoms with Gasteiger partial charge < -0.3 is 15.2 Å². The largest absolute Gasteiger partial charge is 0.478 e. The topological polar surface area (TPSA) is 109 Å². The number of nitrogens with zero attached hydrogens (tertiary/aromatic N) is 2. The Balaban J connectivity index is 1.54. The molecule has 0 aliphatic carbocycles. The summed E-state index contributed by atoms with van der Waals surface area (Å²) in [5.74, 6) is -2.40. The number of anilines is 1. The number of halogens is 1. The van der Waals surface area contributed by atoms with E-state index in [-0.39, 0.29) is 16.3 Å². The van der Waals surface area contributed by atoms with Gasteiger partial charge in [0, 0.05) is 41.8 Å². The molecule has 1 aliphatic heterocycles. The molecule has 1 aliphatic rings. The van der Waals surface area contributed by atoms with E-state index in [0.717, 1.165) is 30.8 Å². The first-order valence-electron chi connectivity index (χ1n) is 10.5. The molecule has 9 heteroatoms. The molecule has 1 amide bonds. The Bertz CT molecular complexity index is 1260. The molecule has 0 atom stereocenters. The highest BCUT2D eigenvalue weighted by Crippen LogP contribution is 2.29. The second kappa shape index (κ2) is 9.56. The molecule has 0 fully saturated rings. The van der Waals surface area contributed by atoms with Gasteiger partial charge in [0.25, 0.3) is 5.91 Å². The highest BCUT2D eigenvalue weighted by atomic mass is 35.5. The van der Waals surface area contributed by atoms with Crippen molar-refractivity contribution in [2.45, 2.75) is 19.9 Å². The van der Waals surface area contributed by atoms with Crippen LogP contribution in [0.3, 0.4) is 0 Å². The molecule has 33 heavy (non-hydrogen) atoms. The number of ether oxygens (including phenoxy) is 1. The summed E-state index contributed by atoms with van der Waals surface area (Å²) >= 11 is 5.85. The number of nitrogens with one attached hydrogen (secondary N) is 1. The number of hydrogen-bond donors (Lipinski definition) is 2. The first-order chi connectivity index (χ1) is 15.9. The first kappa shape index (κ1) is 22.7. The van der Waals surface area contributed by atoms with Gasteiger partial charge in [-0.1, -0.05) is 36.7 Å². The Morgan fingerprint density at radius 2 is 2.00 bits per heavy atom. The zero-order chi connectivity index (χ0) is 23.5. The summed E-state index contributed by atoms with van der Waals surface area (Å²) in [7, 11) is 0. The number of para-hydroxylation sites is 1. The smallest absolute Gasteiger partial charge is 0.339 e. The molecule has 2 N–H and O–H groups in total. The monoisotopic (exact) mass is 467 g/mol. The average Bonchev–Trinajstić information content (AvgIpc) is 2.81. The van der Waals surface area contributed by atoms with Crippen LogP contribution < -0.4 is 5.32 Å². The zero-order valence-electron chi connectivity index (χ0n) is 17.9. The SMILES string of the molecule is CCN1CCc2nc3ccccc3c(C(=O)OCC(=O)Nc3ccc(Cl)c(C(=O)O)c3)c2C1. The molecule has 3 aromatic rings. The lowest BCUT2D eigenvalue weighted by molar-refractivity contribution is -0.119. The van der Waals surface area contributed by atoms with Crippen LogP contribution in [0.1, 0.15) is 38.9 Å². The number of fused-ring (bicyclic) bond motifs is 2. The summed E-state index contributed by atoms with van der Waals surface area (Å²) in [6, 6.07) is 11.5. The van der Waals surface area contributed by atoms with Gasteiger partial charge in [-0.05, 0) is 30.8 Å². The lowest BCUT2D eigenvalue weighted by Gasteiger charge is -2.28. The molecule has 1 aromatic heterocycles. The minimum absolute atomic E-state index is 0.0578. The maximum Gasteiger partial charge on any atom is 0.339 e. The number of aromatic nitrogens is 1. The van der Waals surface area contributed by atoms with Crippen LogP contribution in [0.4, 0.5) is 5.69 Å². The van der Waals surface area contributed by atoms with Crippen LogP contribution in [0, 0.1) is 0 Å². The summed E-state index contributed by atoms with van der Waals surface area (Å²) in [5.41, 5.74) is 2.94. The minimum Gasteiger partial charge on any atom is -0.478 e. The van der Waals surface area contributed by atoms with Gasteiger partial charge in [0.2, 0.25) is 0 Å². The minimum atomic E-state index is -1.21. The van der Waals surface area contributed by atoms with E-state index in [1.165, 1.54) is 18.2 Å². The number of likely N-dealkylation sites (N-methyl/N-ethyl adjacent to an activating group) is 1. The van der Waals surface area contributed by atoms with Crippen molar-refractivity contribution in [2.75, 3.05) is 25.0 Å². The molecule has 2 aromatic carbocycles. The third-order valence-corrected chi connectivity index (χ3v) is 5.92. The standard InChI is InChI=1S/C24H22ClN3O5/c1-2-28-10-9-20-17(12-28)22(15-5-3-4-6-19(15)27-20)24(32)33-13-21(29)26-14-7-8-18(25)16(11-14)23(30)31/h3-8,11H,2,9-10,12-13H2,1H3,(H,26,29)(H,30,31). The maximum atomic E-state index is 13.1. The van der Waals surface area contributed by atoms with Gasteiger partial charge in [0.05, 0.1) is 21.7 Å². The number of carbonyl (C=O) groups is 3. The van der Waals surface area contributed by atoms with E-state index in [1.54, 1.807) is 0 Å². The number of pyridine rings is 1. The molecule has 0 saturated carbocycles. The van der Waals surface area contributed by atoms with Gasteiger partial charge in [-0.2, -0.15) is 0 Å². The van der Waals surface area contributed by atoms with Gasteiger partial charge in [0.1, 0.15) is 0 Å². The third-order valence-electron chi connectivity index (χ3n) is 5.59. The second-order valence-corrected chi connectivity index (χ2v) is 8.08. The normalized spacial score (nSPS) is 13.4. The van der Waals surface area contributed by atoms with Gasteiger partial charge in [-0.15, -0.1) is 0 Å². The number of hydrogen-bond acceptors (Lipinski definition) is 6. The lowest BCUT2D eigenvalue weighted by Crippen LogP contribution is -2.32. The summed E-state index contributed by atoms with van der Waals surface area (Å²) < 4.78 is 5.37. The van der Waals surface area contributed by atoms with Crippen molar-refractivity contribution < 1.29 is 24.2 Å². The Morgan fingerprint density at radius 3 is 2.76 bits per heavy atom. The van der Waals surface area contributed by atoms with E-state index in [4.69, 9.17) is 21.3 Å². The van der Waals surface area contributed by atoms with Crippen molar-refractivity contribution >= 4 is 46.0 Å². The summed E-state index contributed by atoms with van der Waals surface area (Å²) in [4.78, 5) is 43.7. The number of rotatable bonds is 6. The molecule has 4 rings (SSSR count). The fraction of sp³-hybridized carbons (Fsp3) is 0.250. The summed E-state index contributed by atoms with van der Waals surface area (Å²) in [6.45, 7) is 3.85. The van der Waals surface area contributed by atoms with Crippen LogP contribution in [0.5, 0.6) is 0 Å². The molecular formula is C24H22ClN3O5. The molecule has 0 spiro atoms. The van der Waals surface area contributed by atoms with Crippen molar-refractivity contribution in [1.29, 1.82) is 0 Å². The summed E-state index contributed by atoms with van der Waals surface area (Å²) in [5, 5.41) is 12.4. The van der Waals surface area contributed by atoms with Crippen LogP contribution >= 0.6 is 11.6 Å². The Morgan fingerprint density at radius 1 is 1.21 bits per heavy atom. The first-order valence-corrected chi connectivity index (χ1v) is 10.9. The third kappa shape index (κ3) is 4.81. The van der Waals surface area contributed by atoms with E-state index in [2.05, 4.69) is 17.1 Å². The molecule has 170 valence electrons. The molecule has 2 heterocycles. The Labute approximate surface area is 195 Å². The van der Waals surface area contributed by atoms with E-state index in [0.29, 0.717) is 23.0 Å². The Hall–Kier alpha value is -3.49. The fourth-order valence-corrected chi connectivity index (χ4v) is 4.11. The second-order valence-electron chi connectivity index (χ2n) is 7.67. The van der Waals surface area contributed by atoms with Crippen LogP contribution in [-0.4, -0.2) is 52.5 Å². The fourth-order valence-electron chi connectivity index (χ4n) is 3.92. The van der Waals surface area contributed by atoms with Crippen molar-refractivity contribution in [3.63, 3.8) is 0 Å². The number of benzene rings is 2. The highest BCUT2D eigenvalue weighted by molar-refractivity contribution is 6.33. The van der Waals surface area contributed by atoms with Gasteiger partial charge >= 0.3 is 11.9 Å². The van der Waals surface area contributed by atoms with E-state index >= 15 is 0 Å². The van der Waals surface area contributed by atoms with Crippen LogP contribution in [0.15, 0.2) is 42.5 Å². The van der Waals surface area contributed by atoms with Crippen LogP contribution in [-0.2, 0) is 22.5 Å². The van der Waals surface area contributed by atoms with E-state index < -0.39 is 24.5 Å². The Kier molecular flexibility index (Phi) is 6.57. The van der Waals surface area contributed by atoms with Crippen molar-refractivity contribution in [3.8, 4) is 0 Å². The predicted molar refractivity (Wildman–Crippen MR) is 124 cm³/mol. The molecule has 8 nitrogen and oxygen atoms in total. The maximum absolute atomic E-state index is 13.1. The van der Waals surface area contributed by atoms with Gasteiger partial charge in [-0.3, -0.25) is 14.7 Å². The summed E-state index contributed by atoms with van der Waals surface area (Å²) in [6.07, 6.45) is 0.733. The highest BCUT2D eigenvalue weighted by Gasteiger charge is 2.26. The number of carboxylic acid groups (broad SMARTS) is 1. The van der Waals surface area contributed by atoms with Crippen molar-refractivity contribution in [2.24, 2.45) is 0 Å². The number of esters is 1. The molecule has 0 bridgehead atoms. The molecule has 0 saturated heterocycles. The van der Waals surface area contributed by atoms with Crippen LogP contribution in [0.2, 0.25) is 5.02 Å². The number of carboxylic acids is 1. The van der Waals surface area contributed by atoms with Gasteiger partial charge in [0.15, 0.2) is 6.61 Å². The number of aromatic carboxylic acids is 1. The molecule has 0 unspecified atom stereocenters. The molecule has 0 radical (unpaired) electrons. The van der Waals surface area contributed by atoms with Crippen molar-refractivity contribution in [3.05, 3.63) is 69.9 Å². The number of amides is 1. The van der Waals surface area contributed by atoms with E-state index in [1.807, 2.05) is 24.3 Å². The molecular weight excluding hydrogens is 446 g/mol. The predicted octanol–water partition coefficient (Wildman–Crippen LogP) is 3.76. The lowest BCUT2D eigenvalue weighted by atomic mass is 9.96. The zero-order valence-corrected chi connectivity index (χ0v) is 18.7. The van der Waals surface area contributed by atoms with Crippen LogP contribution in [0.25, 0.3) is 10.9 Å². The van der Waals surface area contributed by atoms with Crippen molar-refractivity contribution in [1.82, 2.24) is 9.88 Å². The van der Waals surface area contributed by atoms with E-state index in [9.17, 15) is 19.5 Å². The number of carbonyl (C=O) groups excluding carboxylic acids is 2. The average molecular weight is 468 g/mol.